The zero-order chi connectivity index (χ0) is 18.4. The van der Waals surface area contributed by atoms with Crippen molar-refractivity contribution in [1.82, 2.24) is 5.32 Å². The molecule has 0 saturated heterocycles. The highest BCUT2D eigenvalue weighted by Gasteiger charge is 2.19. The van der Waals surface area contributed by atoms with Gasteiger partial charge in [0.2, 0.25) is 0 Å². The van der Waals surface area contributed by atoms with Crippen LogP contribution in [0, 0.1) is 12.7 Å². The second-order valence-corrected chi connectivity index (χ2v) is 6.02. The maximum absolute atomic E-state index is 13.7. The molecule has 2 aromatic rings. The van der Waals surface area contributed by atoms with Crippen LogP contribution in [-0.2, 0) is 9.53 Å². The molecular weight excluding hydrogens is 345 g/mol. The number of aryl methyl sites for hydroxylation is 1. The van der Waals surface area contributed by atoms with Crippen LogP contribution in [0.25, 0.3) is 0 Å². The van der Waals surface area contributed by atoms with E-state index in [-0.39, 0.29) is 16.6 Å². The third-order valence-corrected chi connectivity index (χ3v) is 4.04. The molecule has 2 aromatic carbocycles. The first kappa shape index (κ1) is 18.9. The quantitative estimate of drug-likeness (QED) is 0.782. The number of rotatable bonds is 6. The lowest BCUT2D eigenvalue weighted by Gasteiger charge is -2.17. The van der Waals surface area contributed by atoms with Gasteiger partial charge in [0.05, 0.1) is 11.1 Å². The smallest absolute Gasteiger partial charge is 0.343 e. The molecule has 0 radical (unpaired) electrons. The molecule has 0 bridgehead atoms. The molecule has 1 N–H and O–H groups in total. The Morgan fingerprint density at radius 2 is 1.88 bits per heavy atom. The van der Waals surface area contributed by atoms with E-state index in [1.165, 1.54) is 12.1 Å². The van der Waals surface area contributed by atoms with Gasteiger partial charge in [0.1, 0.15) is 11.4 Å². The van der Waals surface area contributed by atoms with E-state index >= 15 is 0 Å². The van der Waals surface area contributed by atoms with E-state index < -0.39 is 24.3 Å². The van der Waals surface area contributed by atoms with Gasteiger partial charge in [-0.3, -0.25) is 4.79 Å². The number of carbonyl (C=O) groups is 2. The van der Waals surface area contributed by atoms with Crippen LogP contribution in [0.15, 0.2) is 42.5 Å². The summed E-state index contributed by atoms with van der Waals surface area (Å²) < 4.78 is 18.5. The highest BCUT2D eigenvalue weighted by molar-refractivity contribution is 6.33. The van der Waals surface area contributed by atoms with Gasteiger partial charge < -0.3 is 10.1 Å². The molecule has 0 aromatic heterocycles. The molecule has 0 unspecified atom stereocenters. The number of halogens is 2. The average molecular weight is 364 g/mol. The lowest BCUT2D eigenvalue weighted by atomic mass is 10.0. The Morgan fingerprint density at radius 1 is 1.20 bits per heavy atom. The third kappa shape index (κ3) is 5.03. The van der Waals surface area contributed by atoms with E-state index in [1.54, 1.807) is 0 Å². The topological polar surface area (TPSA) is 55.4 Å². The largest absolute Gasteiger partial charge is 0.452 e. The van der Waals surface area contributed by atoms with Crippen molar-refractivity contribution in [2.45, 2.75) is 26.3 Å². The number of carbonyl (C=O) groups excluding carboxylic acids is 2. The summed E-state index contributed by atoms with van der Waals surface area (Å²) in [6.45, 7) is 3.42. The van der Waals surface area contributed by atoms with Crippen LogP contribution in [0.5, 0.6) is 0 Å². The van der Waals surface area contributed by atoms with Crippen molar-refractivity contribution in [1.29, 1.82) is 0 Å². The van der Waals surface area contributed by atoms with Crippen molar-refractivity contribution in [2.24, 2.45) is 0 Å². The van der Waals surface area contributed by atoms with Gasteiger partial charge >= 0.3 is 5.97 Å². The Labute approximate surface area is 150 Å². The highest BCUT2D eigenvalue weighted by atomic mass is 35.5. The first-order valence-electron chi connectivity index (χ1n) is 7.89. The Hall–Kier alpha value is -2.40. The Bertz CT molecular complexity index is 742. The van der Waals surface area contributed by atoms with Crippen LogP contribution in [0.4, 0.5) is 4.39 Å². The minimum absolute atomic E-state index is 0.0588. The molecule has 0 saturated carbocycles. The molecular formula is C19H19ClFNO3. The zero-order valence-corrected chi connectivity index (χ0v) is 14.8. The van der Waals surface area contributed by atoms with E-state index in [0.29, 0.717) is 6.42 Å². The van der Waals surface area contributed by atoms with Gasteiger partial charge in [-0.2, -0.15) is 0 Å². The summed E-state index contributed by atoms with van der Waals surface area (Å²) >= 11 is 5.80. The van der Waals surface area contributed by atoms with Crippen LogP contribution in [0.1, 0.15) is 40.9 Å². The fraction of sp³-hybridized carbons (Fsp3) is 0.263. The van der Waals surface area contributed by atoms with E-state index in [1.807, 2.05) is 38.1 Å². The predicted octanol–water partition coefficient (Wildman–Crippen LogP) is 4.21. The molecule has 0 aliphatic carbocycles. The first-order chi connectivity index (χ1) is 11.9. The van der Waals surface area contributed by atoms with Gasteiger partial charge in [-0.25, -0.2) is 9.18 Å². The lowest BCUT2D eigenvalue weighted by Crippen LogP contribution is -2.32. The van der Waals surface area contributed by atoms with Gasteiger partial charge in [-0.1, -0.05) is 54.4 Å². The summed E-state index contributed by atoms with van der Waals surface area (Å²) in [7, 11) is 0. The molecule has 2 rings (SSSR count). The lowest BCUT2D eigenvalue weighted by molar-refractivity contribution is -0.125. The normalized spacial score (nSPS) is 11.7. The summed E-state index contributed by atoms with van der Waals surface area (Å²) in [5, 5.41) is 2.74. The fourth-order valence-electron chi connectivity index (χ4n) is 2.35. The minimum Gasteiger partial charge on any atom is -0.452 e. The third-order valence-electron chi connectivity index (χ3n) is 3.72. The van der Waals surface area contributed by atoms with Crippen molar-refractivity contribution in [3.05, 3.63) is 70.0 Å². The van der Waals surface area contributed by atoms with Crippen LogP contribution < -0.4 is 5.32 Å². The molecule has 132 valence electrons. The molecule has 0 aliphatic heterocycles. The average Bonchev–Trinajstić information content (AvgIpc) is 2.58. The molecule has 0 heterocycles. The fourth-order valence-corrected chi connectivity index (χ4v) is 2.59. The minimum atomic E-state index is -0.971. The van der Waals surface area contributed by atoms with Crippen LogP contribution in [0.3, 0.4) is 0 Å². The summed E-state index contributed by atoms with van der Waals surface area (Å²) in [6, 6.07) is 11.5. The van der Waals surface area contributed by atoms with Crippen molar-refractivity contribution in [2.75, 3.05) is 6.61 Å². The molecule has 1 amide bonds. The number of esters is 1. The summed E-state index contributed by atoms with van der Waals surface area (Å²) in [6.07, 6.45) is 0.682. The maximum Gasteiger partial charge on any atom is 0.343 e. The van der Waals surface area contributed by atoms with Gasteiger partial charge in [0.25, 0.3) is 5.91 Å². The second kappa shape index (κ2) is 8.62. The number of benzene rings is 2. The van der Waals surface area contributed by atoms with E-state index in [2.05, 4.69) is 5.32 Å². The van der Waals surface area contributed by atoms with Crippen LogP contribution in [0.2, 0.25) is 5.02 Å². The SMILES string of the molecule is CC[C@H](NC(=O)COC(=O)c1c(F)cccc1Cl)c1ccc(C)cc1. The van der Waals surface area contributed by atoms with Crippen LogP contribution >= 0.6 is 11.6 Å². The molecule has 6 heteroatoms. The van der Waals surface area contributed by atoms with Gasteiger partial charge in [-0.15, -0.1) is 0 Å². The van der Waals surface area contributed by atoms with Crippen molar-refractivity contribution >= 4 is 23.5 Å². The Kier molecular flexibility index (Phi) is 6.53. The molecule has 4 nitrogen and oxygen atoms in total. The monoisotopic (exact) mass is 363 g/mol. The summed E-state index contributed by atoms with van der Waals surface area (Å²) in [4.78, 5) is 24.0. The standard InChI is InChI=1S/C19H19ClFNO3/c1-3-16(13-9-7-12(2)8-10-13)22-17(23)11-25-19(24)18-14(20)5-4-6-15(18)21/h4-10,16H,3,11H2,1-2H3,(H,22,23)/t16-/m0/s1. The van der Waals surface area contributed by atoms with E-state index in [4.69, 9.17) is 16.3 Å². The molecule has 0 fully saturated rings. The molecule has 25 heavy (non-hydrogen) atoms. The maximum atomic E-state index is 13.7. The highest BCUT2D eigenvalue weighted by Crippen LogP contribution is 2.20. The summed E-state index contributed by atoms with van der Waals surface area (Å²) in [5.74, 6) is -2.22. The van der Waals surface area contributed by atoms with Crippen LogP contribution in [-0.4, -0.2) is 18.5 Å². The van der Waals surface area contributed by atoms with Crippen molar-refractivity contribution in [3.63, 3.8) is 0 Å². The Morgan fingerprint density at radius 3 is 2.48 bits per heavy atom. The molecule has 1 atom stereocenters. The number of nitrogens with one attached hydrogen (secondary N) is 1. The van der Waals surface area contributed by atoms with Gasteiger partial charge in [0.15, 0.2) is 6.61 Å². The van der Waals surface area contributed by atoms with Gasteiger partial charge in [0, 0.05) is 0 Å². The van der Waals surface area contributed by atoms with E-state index in [9.17, 15) is 14.0 Å². The summed E-state index contributed by atoms with van der Waals surface area (Å²) in [5.41, 5.74) is 1.72. The number of hydrogen-bond donors (Lipinski definition) is 1. The van der Waals surface area contributed by atoms with Crippen molar-refractivity contribution in [3.8, 4) is 0 Å². The van der Waals surface area contributed by atoms with Gasteiger partial charge in [-0.05, 0) is 31.0 Å². The van der Waals surface area contributed by atoms with Crippen molar-refractivity contribution < 1.29 is 18.7 Å². The molecule has 0 aliphatic rings. The predicted molar refractivity (Wildman–Crippen MR) is 94.0 cm³/mol. The number of hydrogen-bond acceptors (Lipinski definition) is 3. The number of ether oxygens (including phenoxy) is 1. The van der Waals surface area contributed by atoms with E-state index in [0.717, 1.165) is 17.2 Å². The zero-order valence-electron chi connectivity index (χ0n) is 14.0. The first-order valence-corrected chi connectivity index (χ1v) is 8.27. The second-order valence-electron chi connectivity index (χ2n) is 5.61. The molecule has 0 spiro atoms. The Balaban J connectivity index is 1.95. The number of amides is 1.